The van der Waals surface area contributed by atoms with Gasteiger partial charge < -0.3 is 10.2 Å². The van der Waals surface area contributed by atoms with Gasteiger partial charge in [0.25, 0.3) is 0 Å². The van der Waals surface area contributed by atoms with E-state index in [1.54, 1.807) is 0 Å². The van der Waals surface area contributed by atoms with Crippen molar-refractivity contribution < 1.29 is 23.4 Å². The van der Waals surface area contributed by atoms with E-state index < -0.39 is 12.3 Å². The molecule has 0 aromatic heterocycles. The number of hydrogen-bond donors (Lipinski definition) is 2. The average molecular weight is 374 g/mol. The van der Waals surface area contributed by atoms with Crippen molar-refractivity contribution >= 4 is 0 Å². The Hall–Kier alpha value is -0.290. The van der Waals surface area contributed by atoms with E-state index in [1.807, 2.05) is 0 Å². The molecule has 0 aromatic carbocycles. The zero-order valence-corrected chi connectivity index (χ0v) is 15.7. The molecule has 4 aliphatic rings. The summed E-state index contributed by atoms with van der Waals surface area (Å²) in [5.74, 6) is 3.27. The monoisotopic (exact) mass is 374 g/mol. The van der Waals surface area contributed by atoms with Gasteiger partial charge in [-0.3, -0.25) is 0 Å². The topological polar surface area (TPSA) is 40.5 Å². The first-order valence-electron chi connectivity index (χ1n) is 10.6. The Morgan fingerprint density at radius 1 is 0.962 bits per heavy atom. The van der Waals surface area contributed by atoms with Crippen molar-refractivity contribution in [2.24, 2.45) is 40.9 Å². The summed E-state index contributed by atoms with van der Waals surface area (Å²) in [6.45, 7) is 2.21. The molecule has 4 fully saturated rings. The van der Waals surface area contributed by atoms with E-state index in [9.17, 15) is 23.4 Å². The van der Waals surface area contributed by atoms with Crippen LogP contribution in [-0.2, 0) is 0 Å². The molecule has 2 N–H and O–H groups in total. The lowest BCUT2D eigenvalue weighted by molar-refractivity contribution is -0.211. The highest BCUT2D eigenvalue weighted by atomic mass is 19.4. The number of aliphatic hydroxyl groups excluding tert-OH is 2. The van der Waals surface area contributed by atoms with Crippen molar-refractivity contribution in [2.75, 3.05) is 0 Å². The Morgan fingerprint density at radius 2 is 1.69 bits per heavy atom. The smallest absolute Gasteiger partial charge is 0.393 e. The highest BCUT2D eigenvalue weighted by Crippen LogP contribution is 2.65. The molecule has 0 aliphatic heterocycles. The normalized spacial score (nSPS) is 49.8. The van der Waals surface area contributed by atoms with Gasteiger partial charge in [-0.2, -0.15) is 13.2 Å². The lowest BCUT2D eigenvalue weighted by Crippen LogP contribution is -2.49. The lowest BCUT2D eigenvalue weighted by Gasteiger charge is -2.56. The SMILES string of the molecule is CC12CCC3C4CCC(O)CC4CCC3C1CCC2CC(O)C(F)(F)F. The average Bonchev–Trinajstić information content (AvgIpc) is 2.90. The van der Waals surface area contributed by atoms with E-state index in [2.05, 4.69) is 6.92 Å². The summed E-state index contributed by atoms with van der Waals surface area (Å²) in [6.07, 6.45) is 2.50. The van der Waals surface area contributed by atoms with Crippen LogP contribution in [0.1, 0.15) is 71.1 Å². The first-order chi connectivity index (χ1) is 12.2. The summed E-state index contributed by atoms with van der Waals surface area (Å²) >= 11 is 0. The summed E-state index contributed by atoms with van der Waals surface area (Å²) in [4.78, 5) is 0. The van der Waals surface area contributed by atoms with Crippen molar-refractivity contribution in [2.45, 2.75) is 89.5 Å². The van der Waals surface area contributed by atoms with Gasteiger partial charge in [-0.05, 0) is 105 Å². The van der Waals surface area contributed by atoms with E-state index in [0.29, 0.717) is 23.7 Å². The number of alkyl halides is 3. The minimum atomic E-state index is -4.49. The van der Waals surface area contributed by atoms with Crippen molar-refractivity contribution in [3.05, 3.63) is 0 Å². The molecule has 4 aliphatic carbocycles. The summed E-state index contributed by atoms with van der Waals surface area (Å²) < 4.78 is 38.6. The van der Waals surface area contributed by atoms with Gasteiger partial charge >= 0.3 is 6.18 Å². The summed E-state index contributed by atoms with van der Waals surface area (Å²) in [5, 5.41) is 19.6. The molecule has 5 heteroatoms. The predicted molar refractivity (Wildman–Crippen MR) is 93.3 cm³/mol. The van der Waals surface area contributed by atoms with E-state index in [4.69, 9.17) is 0 Å². The summed E-state index contributed by atoms with van der Waals surface area (Å²) in [7, 11) is 0. The molecule has 0 bridgehead atoms. The molecule has 4 saturated carbocycles. The van der Waals surface area contributed by atoms with Gasteiger partial charge in [-0.15, -0.1) is 0 Å². The second kappa shape index (κ2) is 6.65. The molecule has 0 aromatic rings. The number of halogens is 3. The molecule has 9 atom stereocenters. The minimum absolute atomic E-state index is 0.00373. The highest BCUT2D eigenvalue weighted by molar-refractivity contribution is 5.06. The first-order valence-corrected chi connectivity index (χ1v) is 10.6. The maximum absolute atomic E-state index is 12.9. The van der Waals surface area contributed by atoms with Crippen LogP contribution in [-0.4, -0.2) is 28.6 Å². The fourth-order valence-electron chi connectivity index (χ4n) is 7.73. The fraction of sp³-hybridized carbons (Fsp3) is 1.00. The maximum atomic E-state index is 12.9. The Kier molecular flexibility index (Phi) is 4.87. The van der Waals surface area contributed by atoms with Gasteiger partial charge in [-0.25, -0.2) is 0 Å². The first kappa shape index (κ1) is 19.0. The van der Waals surface area contributed by atoms with Crippen LogP contribution in [0, 0.1) is 40.9 Å². The van der Waals surface area contributed by atoms with Crippen LogP contribution >= 0.6 is 0 Å². The third kappa shape index (κ3) is 3.11. The number of hydrogen-bond acceptors (Lipinski definition) is 2. The third-order valence-electron chi connectivity index (χ3n) is 9.01. The van der Waals surface area contributed by atoms with Crippen molar-refractivity contribution in [1.82, 2.24) is 0 Å². The summed E-state index contributed by atoms with van der Waals surface area (Å²) in [5.41, 5.74) is -0.0333. The standard InChI is InChI=1S/C21H33F3O2/c1-20-9-8-16-15-6-4-14(25)10-12(15)2-5-17(16)18(20)7-3-13(20)11-19(26)21(22,23)24/h12-19,25-26H,2-11H2,1H3. The second-order valence-corrected chi connectivity index (χ2v) is 10.0. The van der Waals surface area contributed by atoms with Crippen molar-refractivity contribution in [3.8, 4) is 0 Å². The zero-order chi connectivity index (χ0) is 18.7. The molecular weight excluding hydrogens is 341 g/mol. The van der Waals surface area contributed by atoms with Crippen LogP contribution in [0.25, 0.3) is 0 Å². The Balaban J connectivity index is 1.48. The van der Waals surface area contributed by atoms with E-state index in [-0.39, 0.29) is 23.9 Å². The molecule has 0 spiro atoms. The number of fused-ring (bicyclic) bond motifs is 5. The highest BCUT2D eigenvalue weighted by Gasteiger charge is 2.57. The molecule has 0 amide bonds. The molecule has 4 rings (SSSR count). The van der Waals surface area contributed by atoms with Gasteiger partial charge in [0.1, 0.15) is 6.10 Å². The van der Waals surface area contributed by atoms with Crippen LogP contribution in [0.4, 0.5) is 13.2 Å². The molecule has 0 heterocycles. The van der Waals surface area contributed by atoms with Crippen LogP contribution in [0.2, 0.25) is 0 Å². The molecule has 0 radical (unpaired) electrons. The van der Waals surface area contributed by atoms with Crippen LogP contribution in [0.5, 0.6) is 0 Å². The van der Waals surface area contributed by atoms with Crippen LogP contribution in [0.15, 0.2) is 0 Å². The third-order valence-corrected chi connectivity index (χ3v) is 9.01. The number of rotatable bonds is 2. The van der Waals surface area contributed by atoms with Gasteiger partial charge in [0, 0.05) is 0 Å². The molecule has 9 unspecified atom stereocenters. The van der Waals surface area contributed by atoms with Crippen LogP contribution in [0.3, 0.4) is 0 Å². The van der Waals surface area contributed by atoms with E-state index in [1.165, 1.54) is 12.8 Å². The molecule has 26 heavy (non-hydrogen) atoms. The van der Waals surface area contributed by atoms with Crippen molar-refractivity contribution in [3.63, 3.8) is 0 Å². The lowest BCUT2D eigenvalue weighted by atomic mass is 9.49. The summed E-state index contributed by atoms with van der Waals surface area (Å²) in [6, 6.07) is 0. The fourth-order valence-corrected chi connectivity index (χ4v) is 7.73. The molecule has 150 valence electrons. The van der Waals surface area contributed by atoms with Crippen LogP contribution < -0.4 is 0 Å². The molecule has 0 saturated heterocycles. The van der Waals surface area contributed by atoms with E-state index >= 15 is 0 Å². The largest absolute Gasteiger partial charge is 0.414 e. The predicted octanol–water partition coefficient (Wildman–Crippen LogP) is 4.93. The molecular formula is C21H33F3O2. The maximum Gasteiger partial charge on any atom is 0.414 e. The van der Waals surface area contributed by atoms with E-state index in [0.717, 1.165) is 50.9 Å². The minimum Gasteiger partial charge on any atom is -0.393 e. The molecule has 2 nitrogen and oxygen atoms in total. The zero-order valence-electron chi connectivity index (χ0n) is 15.7. The Morgan fingerprint density at radius 3 is 2.42 bits per heavy atom. The second-order valence-electron chi connectivity index (χ2n) is 10.0. The van der Waals surface area contributed by atoms with Gasteiger partial charge in [0.15, 0.2) is 0 Å². The van der Waals surface area contributed by atoms with Gasteiger partial charge in [0.2, 0.25) is 0 Å². The van der Waals surface area contributed by atoms with Gasteiger partial charge in [0.05, 0.1) is 6.10 Å². The Bertz CT molecular complexity index is 522. The van der Waals surface area contributed by atoms with Gasteiger partial charge in [-0.1, -0.05) is 6.92 Å². The number of aliphatic hydroxyl groups is 2. The quantitative estimate of drug-likeness (QED) is 0.719. The van der Waals surface area contributed by atoms with Crippen molar-refractivity contribution in [1.29, 1.82) is 0 Å². The Labute approximate surface area is 154 Å².